The minimum atomic E-state index is 0.623. The first kappa shape index (κ1) is 19.4. The summed E-state index contributed by atoms with van der Waals surface area (Å²) in [6.07, 6.45) is 0. The number of rotatable bonds is 6. The van der Waals surface area contributed by atoms with E-state index in [9.17, 15) is 0 Å². The molecule has 1 aromatic heterocycles. The van der Waals surface area contributed by atoms with Crippen LogP contribution in [0.5, 0.6) is 11.5 Å². The molecule has 0 atom stereocenters. The normalized spacial score (nSPS) is 15.0. The summed E-state index contributed by atoms with van der Waals surface area (Å²) in [7, 11) is 3.51. The Labute approximate surface area is 165 Å². The van der Waals surface area contributed by atoms with Gasteiger partial charge in [0.05, 0.1) is 18.7 Å². The van der Waals surface area contributed by atoms with Crippen LogP contribution < -0.4 is 19.7 Å². The predicted molar refractivity (Wildman–Crippen MR) is 112 cm³/mol. The van der Waals surface area contributed by atoms with Crippen LogP contribution in [0.4, 0.5) is 5.00 Å². The number of hydrogen-bond donors (Lipinski definition) is 1. The maximum atomic E-state index is 5.58. The predicted octanol–water partition coefficient (Wildman–Crippen LogP) is 3.05. The number of methoxy groups -OCH3 is 1. The number of thiophene rings is 1. The quantitative estimate of drug-likeness (QED) is 0.609. The summed E-state index contributed by atoms with van der Waals surface area (Å²) in [6.45, 7) is 7.24. The maximum Gasteiger partial charge on any atom is 0.194 e. The second-order valence-corrected chi connectivity index (χ2v) is 7.17. The SMILES string of the molecule is CCOc1ccc(CNC(=NC)N2CCN(c3cccs3)CC2)cc1OC. The zero-order valence-electron chi connectivity index (χ0n) is 16.3. The van der Waals surface area contributed by atoms with E-state index in [0.717, 1.165) is 49.2 Å². The molecule has 1 aliphatic heterocycles. The van der Waals surface area contributed by atoms with Gasteiger partial charge < -0.3 is 24.6 Å². The molecule has 1 aliphatic rings. The summed E-state index contributed by atoms with van der Waals surface area (Å²) >= 11 is 1.80. The van der Waals surface area contributed by atoms with Gasteiger partial charge in [0.15, 0.2) is 17.5 Å². The third-order valence-corrected chi connectivity index (χ3v) is 5.52. The van der Waals surface area contributed by atoms with Crippen molar-refractivity contribution in [2.24, 2.45) is 4.99 Å². The van der Waals surface area contributed by atoms with E-state index < -0.39 is 0 Å². The Morgan fingerprint density at radius 2 is 2.00 bits per heavy atom. The molecule has 3 rings (SSSR count). The number of benzene rings is 1. The lowest BCUT2D eigenvalue weighted by Gasteiger charge is -2.37. The Bertz CT molecular complexity index is 740. The standard InChI is InChI=1S/C20H28N4O2S/c1-4-26-17-8-7-16(14-18(17)25-3)15-22-20(21-2)24-11-9-23(10-12-24)19-6-5-13-27-19/h5-8,13-14H,4,9-12,15H2,1-3H3,(H,21,22). The molecule has 27 heavy (non-hydrogen) atoms. The number of ether oxygens (including phenoxy) is 2. The lowest BCUT2D eigenvalue weighted by molar-refractivity contribution is 0.310. The highest BCUT2D eigenvalue weighted by Gasteiger charge is 2.20. The summed E-state index contributed by atoms with van der Waals surface area (Å²) < 4.78 is 11.0. The van der Waals surface area contributed by atoms with Gasteiger partial charge in [0, 0.05) is 39.8 Å². The van der Waals surface area contributed by atoms with E-state index in [1.54, 1.807) is 18.4 Å². The van der Waals surface area contributed by atoms with Crippen molar-refractivity contribution in [3.8, 4) is 11.5 Å². The highest BCUT2D eigenvalue weighted by molar-refractivity contribution is 7.14. The van der Waals surface area contributed by atoms with Crippen LogP contribution in [0.2, 0.25) is 0 Å². The molecule has 0 unspecified atom stereocenters. The number of guanidine groups is 1. The van der Waals surface area contributed by atoms with Crippen molar-refractivity contribution >= 4 is 22.3 Å². The minimum Gasteiger partial charge on any atom is -0.493 e. The molecule has 0 amide bonds. The fourth-order valence-corrected chi connectivity index (χ4v) is 3.98. The Balaban J connectivity index is 1.55. The zero-order chi connectivity index (χ0) is 19.1. The van der Waals surface area contributed by atoms with E-state index in [1.165, 1.54) is 5.00 Å². The van der Waals surface area contributed by atoms with Crippen molar-refractivity contribution in [2.45, 2.75) is 13.5 Å². The summed E-state index contributed by atoms with van der Waals surface area (Å²) in [5, 5.41) is 6.95. The van der Waals surface area contributed by atoms with Crippen LogP contribution in [0.1, 0.15) is 12.5 Å². The van der Waals surface area contributed by atoms with Gasteiger partial charge in [-0.05, 0) is 42.1 Å². The van der Waals surface area contributed by atoms with Gasteiger partial charge in [-0.15, -0.1) is 11.3 Å². The van der Waals surface area contributed by atoms with Gasteiger partial charge in [-0.1, -0.05) is 6.07 Å². The maximum absolute atomic E-state index is 5.58. The number of nitrogens with one attached hydrogen (secondary N) is 1. The van der Waals surface area contributed by atoms with Gasteiger partial charge >= 0.3 is 0 Å². The van der Waals surface area contributed by atoms with Crippen LogP contribution in [0, 0.1) is 0 Å². The van der Waals surface area contributed by atoms with E-state index in [0.29, 0.717) is 13.2 Å². The molecule has 0 bridgehead atoms. The van der Waals surface area contributed by atoms with Gasteiger partial charge in [-0.25, -0.2) is 0 Å². The lowest BCUT2D eigenvalue weighted by Crippen LogP contribution is -2.52. The van der Waals surface area contributed by atoms with Crippen LogP contribution in [0.3, 0.4) is 0 Å². The van der Waals surface area contributed by atoms with Crippen molar-refractivity contribution < 1.29 is 9.47 Å². The monoisotopic (exact) mass is 388 g/mol. The van der Waals surface area contributed by atoms with Gasteiger partial charge in [-0.3, -0.25) is 4.99 Å². The van der Waals surface area contributed by atoms with Crippen LogP contribution >= 0.6 is 11.3 Å². The molecule has 146 valence electrons. The molecule has 1 saturated heterocycles. The van der Waals surface area contributed by atoms with Crippen molar-refractivity contribution in [2.75, 3.05) is 51.8 Å². The Morgan fingerprint density at radius 1 is 1.19 bits per heavy atom. The minimum absolute atomic E-state index is 0.623. The van der Waals surface area contributed by atoms with Crippen molar-refractivity contribution in [1.82, 2.24) is 10.2 Å². The van der Waals surface area contributed by atoms with Gasteiger partial charge in [0.2, 0.25) is 0 Å². The topological polar surface area (TPSA) is 49.3 Å². The lowest BCUT2D eigenvalue weighted by atomic mass is 10.2. The summed E-state index contributed by atoms with van der Waals surface area (Å²) in [4.78, 5) is 9.22. The Morgan fingerprint density at radius 3 is 2.63 bits per heavy atom. The fraction of sp³-hybridized carbons (Fsp3) is 0.450. The third-order valence-electron chi connectivity index (χ3n) is 4.59. The molecule has 0 radical (unpaired) electrons. The molecule has 1 aromatic carbocycles. The second-order valence-electron chi connectivity index (χ2n) is 6.24. The van der Waals surface area contributed by atoms with Crippen LogP contribution in [-0.4, -0.2) is 57.8 Å². The highest BCUT2D eigenvalue weighted by atomic mass is 32.1. The first-order valence-electron chi connectivity index (χ1n) is 9.29. The molecule has 1 N–H and O–H groups in total. The summed E-state index contributed by atoms with van der Waals surface area (Å²) in [6, 6.07) is 10.3. The number of piperazine rings is 1. The number of anilines is 1. The van der Waals surface area contributed by atoms with Crippen molar-refractivity contribution in [3.05, 3.63) is 41.3 Å². The molecular weight excluding hydrogens is 360 g/mol. The van der Waals surface area contributed by atoms with Crippen LogP contribution in [0.25, 0.3) is 0 Å². The molecule has 6 nitrogen and oxygen atoms in total. The van der Waals surface area contributed by atoms with Gasteiger partial charge in [-0.2, -0.15) is 0 Å². The average molecular weight is 389 g/mol. The number of hydrogen-bond acceptors (Lipinski definition) is 5. The van der Waals surface area contributed by atoms with E-state index >= 15 is 0 Å². The van der Waals surface area contributed by atoms with E-state index in [2.05, 4.69) is 43.7 Å². The highest BCUT2D eigenvalue weighted by Crippen LogP contribution is 2.28. The number of aliphatic imine (C=N–C) groups is 1. The third kappa shape index (κ3) is 4.86. The second kappa shape index (κ2) is 9.50. The zero-order valence-corrected chi connectivity index (χ0v) is 17.1. The fourth-order valence-electron chi connectivity index (χ4n) is 3.20. The van der Waals surface area contributed by atoms with E-state index in [-0.39, 0.29) is 0 Å². The van der Waals surface area contributed by atoms with Crippen molar-refractivity contribution in [3.63, 3.8) is 0 Å². The molecule has 2 heterocycles. The number of nitrogens with zero attached hydrogens (tertiary/aromatic N) is 3. The Hall–Kier alpha value is -2.41. The van der Waals surface area contributed by atoms with Crippen LogP contribution in [0.15, 0.2) is 40.7 Å². The largest absolute Gasteiger partial charge is 0.493 e. The van der Waals surface area contributed by atoms with E-state index in [1.807, 2.05) is 26.1 Å². The smallest absolute Gasteiger partial charge is 0.194 e. The molecule has 2 aromatic rings. The van der Waals surface area contributed by atoms with Gasteiger partial charge in [0.1, 0.15) is 0 Å². The van der Waals surface area contributed by atoms with Crippen molar-refractivity contribution in [1.29, 1.82) is 0 Å². The van der Waals surface area contributed by atoms with Gasteiger partial charge in [0.25, 0.3) is 0 Å². The molecule has 0 spiro atoms. The van der Waals surface area contributed by atoms with Crippen LogP contribution in [-0.2, 0) is 6.54 Å². The average Bonchev–Trinajstić information content (AvgIpc) is 3.25. The summed E-state index contributed by atoms with van der Waals surface area (Å²) in [5.74, 6) is 2.47. The molecule has 1 fully saturated rings. The van der Waals surface area contributed by atoms with E-state index in [4.69, 9.17) is 9.47 Å². The molecule has 0 saturated carbocycles. The molecule has 7 heteroatoms. The summed E-state index contributed by atoms with van der Waals surface area (Å²) in [5.41, 5.74) is 1.13. The molecular formula is C20H28N4O2S. The first-order chi connectivity index (χ1) is 13.2. The Kier molecular flexibility index (Phi) is 6.81. The first-order valence-corrected chi connectivity index (χ1v) is 10.2. The molecule has 0 aliphatic carbocycles.